The minimum absolute atomic E-state index is 0.560. The molecule has 6 heteroatoms. The van der Waals surface area contributed by atoms with Gasteiger partial charge in [0.1, 0.15) is 5.82 Å². The van der Waals surface area contributed by atoms with Crippen molar-refractivity contribution < 1.29 is 0 Å². The van der Waals surface area contributed by atoms with Crippen LogP contribution in [0.3, 0.4) is 0 Å². The Morgan fingerprint density at radius 3 is 1.20 bits per heavy atom. The largest absolute Gasteiger partial charge is 0.213 e. The minimum atomic E-state index is 0.560. The monoisotopic (exact) mass is 654 g/mol. The van der Waals surface area contributed by atoms with Crippen molar-refractivity contribution in [1.29, 1.82) is 0 Å². The Labute approximate surface area is 295 Å². The first kappa shape index (κ1) is 30.2. The summed E-state index contributed by atoms with van der Waals surface area (Å²) in [6.45, 7) is 1.91. The Bertz CT molecular complexity index is 2640. The van der Waals surface area contributed by atoms with Crippen LogP contribution in [0.2, 0.25) is 0 Å². The molecule has 240 valence electrons. The number of hydrogen-bond acceptors (Lipinski definition) is 6. The number of aromatic nitrogens is 6. The normalized spacial score (nSPS) is 11.2. The highest BCUT2D eigenvalue weighted by Crippen LogP contribution is 2.38. The van der Waals surface area contributed by atoms with E-state index in [4.69, 9.17) is 29.9 Å². The van der Waals surface area contributed by atoms with Gasteiger partial charge in [-0.25, -0.2) is 29.9 Å². The van der Waals surface area contributed by atoms with Crippen LogP contribution in [0.25, 0.3) is 89.6 Å². The van der Waals surface area contributed by atoms with Crippen LogP contribution in [0, 0.1) is 6.92 Å². The molecule has 7 aromatic carbocycles. The molecule has 0 unspecified atom stereocenters. The van der Waals surface area contributed by atoms with E-state index in [0.29, 0.717) is 34.9 Å². The number of rotatable bonds is 6. The van der Waals surface area contributed by atoms with Crippen molar-refractivity contribution >= 4 is 21.5 Å². The van der Waals surface area contributed by atoms with Crippen LogP contribution in [-0.4, -0.2) is 29.9 Å². The lowest BCUT2D eigenvalue weighted by Gasteiger charge is -2.15. The summed E-state index contributed by atoms with van der Waals surface area (Å²) < 4.78 is 0. The van der Waals surface area contributed by atoms with E-state index in [0.717, 1.165) is 44.3 Å². The molecule has 2 aromatic heterocycles. The third-order valence-electron chi connectivity index (χ3n) is 9.01. The number of fused-ring (bicyclic) bond motifs is 3. The Morgan fingerprint density at radius 2 is 0.667 bits per heavy atom. The number of nitrogens with zero attached hydrogens (tertiary/aromatic N) is 6. The molecule has 51 heavy (non-hydrogen) atoms. The van der Waals surface area contributed by atoms with Gasteiger partial charge in [0.05, 0.1) is 0 Å². The van der Waals surface area contributed by atoms with Crippen LogP contribution < -0.4 is 0 Å². The Balaban J connectivity index is 1.32. The molecule has 9 rings (SSSR count). The van der Waals surface area contributed by atoms with E-state index in [9.17, 15) is 0 Å². The molecule has 0 radical (unpaired) electrons. The Kier molecular flexibility index (Phi) is 7.59. The standard InChI is InChI=1S/C45H30N6/c1-29-46-41(30-15-5-2-6-16-30)48-44(47-29)35-25-34(40-28-33-21-11-12-22-37(33)38-23-13-14-24-39(38)40)26-36(27-35)45-50-42(31-17-7-3-8-18-31)49-43(51-45)32-19-9-4-10-20-32/h2-28H,1H3. The molecule has 2 heterocycles. The van der Waals surface area contributed by atoms with E-state index in [1.807, 2.05) is 97.9 Å². The maximum absolute atomic E-state index is 5.09. The van der Waals surface area contributed by atoms with E-state index >= 15 is 0 Å². The van der Waals surface area contributed by atoms with Crippen LogP contribution in [0.4, 0.5) is 0 Å². The zero-order valence-corrected chi connectivity index (χ0v) is 27.8. The molecule has 0 aliphatic carbocycles. The van der Waals surface area contributed by atoms with E-state index < -0.39 is 0 Å². The second-order valence-corrected chi connectivity index (χ2v) is 12.4. The second kappa shape index (κ2) is 12.8. The predicted molar refractivity (Wildman–Crippen MR) is 206 cm³/mol. The van der Waals surface area contributed by atoms with Crippen LogP contribution in [0.1, 0.15) is 5.82 Å². The minimum Gasteiger partial charge on any atom is -0.213 e. The van der Waals surface area contributed by atoms with Gasteiger partial charge in [-0.1, -0.05) is 140 Å². The summed E-state index contributed by atoms with van der Waals surface area (Å²) in [5, 5.41) is 4.73. The number of benzene rings is 7. The number of aryl methyl sites for hydroxylation is 1. The first-order valence-corrected chi connectivity index (χ1v) is 16.9. The second-order valence-electron chi connectivity index (χ2n) is 12.4. The first-order valence-electron chi connectivity index (χ1n) is 16.9. The van der Waals surface area contributed by atoms with E-state index in [2.05, 4.69) is 72.8 Å². The van der Waals surface area contributed by atoms with Gasteiger partial charge in [-0.15, -0.1) is 0 Å². The third-order valence-corrected chi connectivity index (χ3v) is 9.01. The molecule has 9 aromatic rings. The van der Waals surface area contributed by atoms with Crippen molar-refractivity contribution in [2.75, 3.05) is 0 Å². The van der Waals surface area contributed by atoms with Gasteiger partial charge >= 0.3 is 0 Å². The van der Waals surface area contributed by atoms with Crippen molar-refractivity contribution in [3.05, 3.63) is 170 Å². The molecular formula is C45H30N6. The average Bonchev–Trinajstić information content (AvgIpc) is 3.21. The smallest absolute Gasteiger partial charge is 0.164 e. The molecule has 0 atom stereocenters. The maximum atomic E-state index is 5.09. The SMILES string of the molecule is Cc1nc(-c2ccccc2)nc(-c2cc(-c3nc(-c4ccccc4)nc(-c4ccccc4)n3)cc(-c3cc4ccccc4c4ccccc34)c2)n1. The van der Waals surface area contributed by atoms with Gasteiger partial charge in [0.2, 0.25) is 0 Å². The lowest BCUT2D eigenvalue weighted by molar-refractivity contribution is 0.992. The highest BCUT2D eigenvalue weighted by molar-refractivity contribution is 6.14. The molecule has 0 saturated carbocycles. The Hall–Kier alpha value is -6.92. The predicted octanol–water partition coefficient (Wildman–Crippen LogP) is 10.7. The van der Waals surface area contributed by atoms with Gasteiger partial charge in [-0.2, -0.15) is 0 Å². The summed E-state index contributed by atoms with van der Waals surface area (Å²) in [5.41, 5.74) is 6.53. The van der Waals surface area contributed by atoms with Gasteiger partial charge in [0, 0.05) is 27.8 Å². The fourth-order valence-corrected chi connectivity index (χ4v) is 6.60. The van der Waals surface area contributed by atoms with E-state index in [1.54, 1.807) is 0 Å². The molecular weight excluding hydrogens is 625 g/mol. The van der Waals surface area contributed by atoms with Gasteiger partial charge in [0.25, 0.3) is 0 Å². The zero-order valence-electron chi connectivity index (χ0n) is 27.8. The van der Waals surface area contributed by atoms with Crippen molar-refractivity contribution in [3.8, 4) is 68.1 Å². The molecule has 0 aliphatic heterocycles. The molecule has 0 bridgehead atoms. The van der Waals surface area contributed by atoms with Crippen LogP contribution in [-0.2, 0) is 0 Å². The van der Waals surface area contributed by atoms with Crippen molar-refractivity contribution in [2.24, 2.45) is 0 Å². The van der Waals surface area contributed by atoms with E-state index in [1.165, 1.54) is 16.2 Å². The molecule has 0 spiro atoms. The maximum Gasteiger partial charge on any atom is 0.164 e. The molecule has 0 fully saturated rings. The first-order chi connectivity index (χ1) is 25.2. The fraction of sp³-hybridized carbons (Fsp3) is 0.0222. The van der Waals surface area contributed by atoms with Crippen LogP contribution in [0.15, 0.2) is 164 Å². The lowest BCUT2D eigenvalue weighted by Crippen LogP contribution is -2.02. The third kappa shape index (κ3) is 5.89. The van der Waals surface area contributed by atoms with Gasteiger partial charge in [0.15, 0.2) is 29.1 Å². The molecule has 0 saturated heterocycles. The number of hydrogen-bond donors (Lipinski definition) is 0. The molecule has 0 aliphatic rings. The molecule has 6 nitrogen and oxygen atoms in total. The van der Waals surface area contributed by atoms with Crippen molar-refractivity contribution in [2.45, 2.75) is 6.92 Å². The zero-order chi connectivity index (χ0) is 34.1. The summed E-state index contributed by atoms with van der Waals surface area (Å²) in [5.74, 6) is 3.61. The van der Waals surface area contributed by atoms with Crippen molar-refractivity contribution in [1.82, 2.24) is 29.9 Å². The fourth-order valence-electron chi connectivity index (χ4n) is 6.60. The molecule has 0 amide bonds. The van der Waals surface area contributed by atoms with Gasteiger partial charge in [-0.05, 0) is 63.9 Å². The highest BCUT2D eigenvalue weighted by Gasteiger charge is 2.18. The summed E-state index contributed by atoms with van der Waals surface area (Å²) in [4.78, 5) is 29.7. The highest BCUT2D eigenvalue weighted by atomic mass is 15.0. The van der Waals surface area contributed by atoms with Gasteiger partial charge in [-0.3, -0.25) is 0 Å². The van der Waals surface area contributed by atoms with Gasteiger partial charge < -0.3 is 0 Å². The van der Waals surface area contributed by atoms with E-state index in [-0.39, 0.29) is 0 Å². The summed E-state index contributed by atoms with van der Waals surface area (Å²) in [7, 11) is 0. The van der Waals surface area contributed by atoms with Crippen LogP contribution >= 0.6 is 0 Å². The van der Waals surface area contributed by atoms with Crippen molar-refractivity contribution in [3.63, 3.8) is 0 Å². The summed E-state index contributed by atoms with van der Waals surface area (Å²) in [6, 6.07) is 55.9. The quantitative estimate of drug-likeness (QED) is 0.166. The lowest BCUT2D eigenvalue weighted by atomic mass is 9.91. The summed E-state index contributed by atoms with van der Waals surface area (Å²) >= 11 is 0. The average molecular weight is 655 g/mol. The van der Waals surface area contributed by atoms with Crippen LogP contribution in [0.5, 0.6) is 0 Å². The Morgan fingerprint density at radius 1 is 0.294 bits per heavy atom. The summed E-state index contributed by atoms with van der Waals surface area (Å²) in [6.07, 6.45) is 0. The molecule has 0 N–H and O–H groups in total. The topological polar surface area (TPSA) is 77.3 Å².